The molecule has 0 spiro atoms. The fourth-order valence-corrected chi connectivity index (χ4v) is 2.98. The van der Waals surface area contributed by atoms with E-state index in [1.165, 1.54) is 0 Å². The first-order chi connectivity index (χ1) is 8.27. The Bertz CT molecular complexity index is 358. The largest absolute Gasteiger partial charge is 0.348 e. The standard InChI is InChI=1S/C12H19N3OS/c1-2-4-12(5-3-6-15-12)11(16)14-9-10-13-7-8-17-10/h7-8,15H,2-6,9H2,1H3,(H,14,16). The molecule has 2 rings (SSSR count). The summed E-state index contributed by atoms with van der Waals surface area (Å²) in [6, 6.07) is 0. The number of amides is 1. The molecule has 1 aliphatic rings. The minimum Gasteiger partial charge on any atom is -0.348 e. The molecule has 5 heteroatoms. The SMILES string of the molecule is CCCC1(C(=O)NCc2nccs2)CCCN1. The van der Waals surface area contributed by atoms with Gasteiger partial charge in [0.1, 0.15) is 5.01 Å². The van der Waals surface area contributed by atoms with Crippen molar-refractivity contribution < 1.29 is 4.79 Å². The van der Waals surface area contributed by atoms with Gasteiger partial charge in [0.2, 0.25) is 5.91 Å². The van der Waals surface area contributed by atoms with Crippen molar-refractivity contribution in [1.29, 1.82) is 0 Å². The summed E-state index contributed by atoms with van der Waals surface area (Å²) in [7, 11) is 0. The van der Waals surface area contributed by atoms with E-state index in [0.717, 1.165) is 37.2 Å². The Kier molecular flexibility index (Phi) is 4.12. The van der Waals surface area contributed by atoms with Gasteiger partial charge < -0.3 is 10.6 Å². The van der Waals surface area contributed by atoms with Crippen LogP contribution in [0.3, 0.4) is 0 Å². The van der Waals surface area contributed by atoms with Crippen LogP contribution in [0.15, 0.2) is 11.6 Å². The molecule has 0 radical (unpaired) electrons. The summed E-state index contributed by atoms with van der Waals surface area (Å²) in [5.74, 6) is 0.132. The van der Waals surface area contributed by atoms with Crippen molar-refractivity contribution >= 4 is 17.2 Å². The van der Waals surface area contributed by atoms with E-state index >= 15 is 0 Å². The van der Waals surface area contributed by atoms with E-state index in [2.05, 4.69) is 22.5 Å². The van der Waals surface area contributed by atoms with Gasteiger partial charge in [-0.15, -0.1) is 11.3 Å². The number of rotatable bonds is 5. The van der Waals surface area contributed by atoms with Crippen molar-refractivity contribution in [3.8, 4) is 0 Å². The predicted octanol–water partition coefficient (Wildman–Crippen LogP) is 1.68. The summed E-state index contributed by atoms with van der Waals surface area (Å²) in [6.45, 7) is 3.62. The first-order valence-electron chi connectivity index (χ1n) is 6.18. The van der Waals surface area contributed by atoms with Crippen LogP contribution in [0.5, 0.6) is 0 Å². The molecule has 2 N–H and O–H groups in total. The highest BCUT2D eigenvalue weighted by Gasteiger charge is 2.39. The van der Waals surface area contributed by atoms with Crippen molar-refractivity contribution in [2.24, 2.45) is 0 Å². The Morgan fingerprint density at radius 2 is 2.59 bits per heavy atom. The molecule has 1 aromatic heterocycles. The van der Waals surface area contributed by atoms with E-state index in [-0.39, 0.29) is 11.4 Å². The Labute approximate surface area is 106 Å². The van der Waals surface area contributed by atoms with E-state index in [0.29, 0.717) is 6.54 Å². The summed E-state index contributed by atoms with van der Waals surface area (Å²) in [5.41, 5.74) is -0.327. The number of nitrogens with zero attached hydrogens (tertiary/aromatic N) is 1. The third-order valence-corrected chi connectivity index (χ3v) is 4.02. The second kappa shape index (κ2) is 5.60. The molecule has 0 aromatic carbocycles. The first-order valence-corrected chi connectivity index (χ1v) is 7.06. The van der Waals surface area contributed by atoms with Crippen molar-refractivity contribution in [2.75, 3.05) is 6.54 Å². The molecular weight excluding hydrogens is 234 g/mol. The van der Waals surface area contributed by atoms with Crippen molar-refractivity contribution in [1.82, 2.24) is 15.6 Å². The zero-order valence-electron chi connectivity index (χ0n) is 10.2. The van der Waals surface area contributed by atoms with Crippen molar-refractivity contribution in [3.63, 3.8) is 0 Å². The molecule has 1 aliphatic heterocycles. The molecule has 1 amide bonds. The predicted molar refractivity (Wildman–Crippen MR) is 68.8 cm³/mol. The molecule has 1 saturated heterocycles. The maximum Gasteiger partial charge on any atom is 0.240 e. The van der Waals surface area contributed by atoms with Crippen LogP contribution in [0.4, 0.5) is 0 Å². The van der Waals surface area contributed by atoms with Crippen LogP contribution >= 0.6 is 11.3 Å². The smallest absolute Gasteiger partial charge is 0.240 e. The summed E-state index contributed by atoms with van der Waals surface area (Å²) >= 11 is 1.57. The lowest BCUT2D eigenvalue weighted by Gasteiger charge is -2.27. The summed E-state index contributed by atoms with van der Waals surface area (Å²) in [6.07, 6.45) is 5.74. The highest BCUT2D eigenvalue weighted by molar-refractivity contribution is 7.09. The molecule has 0 bridgehead atoms. The second-order valence-electron chi connectivity index (χ2n) is 4.47. The van der Waals surface area contributed by atoms with Crippen LogP contribution in [-0.2, 0) is 11.3 Å². The van der Waals surface area contributed by atoms with Gasteiger partial charge in [0.05, 0.1) is 12.1 Å². The van der Waals surface area contributed by atoms with Crippen LogP contribution in [0, 0.1) is 0 Å². The Morgan fingerprint density at radius 1 is 1.71 bits per heavy atom. The minimum atomic E-state index is -0.327. The Morgan fingerprint density at radius 3 is 3.18 bits per heavy atom. The van der Waals surface area contributed by atoms with Crippen LogP contribution in [0.1, 0.15) is 37.6 Å². The van der Waals surface area contributed by atoms with Gasteiger partial charge in [0, 0.05) is 11.6 Å². The summed E-state index contributed by atoms with van der Waals surface area (Å²) in [4.78, 5) is 16.4. The van der Waals surface area contributed by atoms with E-state index < -0.39 is 0 Å². The highest BCUT2D eigenvalue weighted by Crippen LogP contribution is 2.25. The number of hydrogen-bond acceptors (Lipinski definition) is 4. The number of carbonyl (C=O) groups excluding carboxylic acids is 1. The lowest BCUT2D eigenvalue weighted by Crippen LogP contribution is -2.53. The molecule has 1 aromatic rings. The van der Waals surface area contributed by atoms with Gasteiger partial charge in [0.25, 0.3) is 0 Å². The highest BCUT2D eigenvalue weighted by atomic mass is 32.1. The summed E-state index contributed by atoms with van der Waals surface area (Å²) in [5, 5.41) is 9.26. The molecule has 2 heterocycles. The van der Waals surface area contributed by atoms with Crippen LogP contribution in [0.25, 0.3) is 0 Å². The third-order valence-electron chi connectivity index (χ3n) is 3.24. The second-order valence-corrected chi connectivity index (χ2v) is 5.45. The van der Waals surface area contributed by atoms with E-state index in [1.807, 2.05) is 5.38 Å². The van der Waals surface area contributed by atoms with Gasteiger partial charge in [-0.25, -0.2) is 4.98 Å². The lowest BCUT2D eigenvalue weighted by molar-refractivity contribution is -0.127. The Hall–Kier alpha value is -0.940. The molecule has 4 nitrogen and oxygen atoms in total. The molecule has 1 atom stereocenters. The van der Waals surface area contributed by atoms with Crippen molar-refractivity contribution in [3.05, 3.63) is 16.6 Å². The number of aromatic nitrogens is 1. The molecule has 0 saturated carbocycles. The fraction of sp³-hybridized carbons (Fsp3) is 0.667. The molecule has 1 fully saturated rings. The number of hydrogen-bond donors (Lipinski definition) is 2. The van der Waals surface area contributed by atoms with Gasteiger partial charge in [0.15, 0.2) is 0 Å². The molecule has 17 heavy (non-hydrogen) atoms. The van der Waals surface area contributed by atoms with Gasteiger partial charge in [-0.2, -0.15) is 0 Å². The van der Waals surface area contributed by atoms with Gasteiger partial charge in [-0.1, -0.05) is 13.3 Å². The lowest BCUT2D eigenvalue weighted by atomic mass is 9.91. The number of carbonyl (C=O) groups is 1. The fourth-order valence-electron chi connectivity index (χ4n) is 2.42. The average molecular weight is 253 g/mol. The van der Waals surface area contributed by atoms with Crippen molar-refractivity contribution in [2.45, 2.75) is 44.7 Å². The molecule has 94 valence electrons. The number of nitrogens with one attached hydrogen (secondary N) is 2. The quantitative estimate of drug-likeness (QED) is 0.839. The zero-order valence-corrected chi connectivity index (χ0v) is 11.0. The van der Waals surface area contributed by atoms with E-state index in [1.54, 1.807) is 17.5 Å². The van der Waals surface area contributed by atoms with Crippen LogP contribution in [-0.4, -0.2) is 23.0 Å². The molecular formula is C12H19N3OS. The maximum atomic E-state index is 12.3. The third kappa shape index (κ3) is 2.84. The molecule has 1 unspecified atom stereocenters. The minimum absolute atomic E-state index is 0.132. The van der Waals surface area contributed by atoms with Crippen LogP contribution < -0.4 is 10.6 Å². The normalized spacial score (nSPS) is 23.8. The van der Waals surface area contributed by atoms with Crippen LogP contribution in [0.2, 0.25) is 0 Å². The van der Waals surface area contributed by atoms with E-state index in [4.69, 9.17) is 0 Å². The summed E-state index contributed by atoms with van der Waals surface area (Å²) < 4.78 is 0. The maximum absolute atomic E-state index is 12.3. The average Bonchev–Trinajstić information content (AvgIpc) is 2.97. The van der Waals surface area contributed by atoms with E-state index in [9.17, 15) is 4.79 Å². The number of thiazole rings is 1. The van der Waals surface area contributed by atoms with Gasteiger partial charge in [-0.05, 0) is 25.8 Å². The Balaban J connectivity index is 1.92. The first kappa shape index (κ1) is 12.5. The van der Waals surface area contributed by atoms with Gasteiger partial charge >= 0.3 is 0 Å². The van der Waals surface area contributed by atoms with Gasteiger partial charge in [-0.3, -0.25) is 4.79 Å². The monoisotopic (exact) mass is 253 g/mol. The molecule has 0 aliphatic carbocycles. The zero-order chi connectivity index (χ0) is 12.1. The topological polar surface area (TPSA) is 54.0 Å².